The maximum atomic E-state index is 13.4. The molecule has 0 heterocycles. The standard InChI is InChI=1S/C17H16FNO2/c1-19-17(20)11-16(13-4-3-5-14(18)10-13)12-6-8-15(21-2)9-7-12/h3-11H,1-2H3,(H,19,20)/b16-11+. The van der Waals surface area contributed by atoms with Crippen LogP contribution in [0, 0.1) is 5.82 Å². The summed E-state index contributed by atoms with van der Waals surface area (Å²) in [7, 11) is 3.14. The lowest BCUT2D eigenvalue weighted by Gasteiger charge is -2.09. The highest BCUT2D eigenvalue weighted by Crippen LogP contribution is 2.25. The molecule has 4 heteroatoms. The van der Waals surface area contributed by atoms with Crippen LogP contribution in [0.5, 0.6) is 5.75 Å². The number of hydrogen-bond donors (Lipinski definition) is 1. The van der Waals surface area contributed by atoms with E-state index in [1.54, 1.807) is 38.4 Å². The Morgan fingerprint density at radius 3 is 2.43 bits per heavy atom. The summed E-state index contributed by atoms with van der Waals surface area (Å²) < 4.78 is 18.6. The van der Waals surface area contributed by atoms with Gasteiger partial charge >= 0.3 is 0 Å². The molecule has 2 rings (SSSR count). The Kier molecular flexibility index (Phi) is 4.72. The van der Waals surface area contributed by atoms with Gasteiger partial charge in [-0.2, -0.15) is 0 Å². The number of nitrogens with one attached hydrogen (secondary N) is 1. The summed E-state index contributed by atoms with van der Waals surface area (Å²) in [6.45, 7) is 0. The fourth-order valence-electron chi connectivity index (χ4n) is 1.96. The Balaban J connectivity index is 2.50. The smallest absolute Gasteiger partial charge is 0.244 e. The summed E-state index contributed by atoms with van der Waals surface area (Å²) in [5.74, 6) is 0.131. The molecule has 21 heavy (non-hydrogen) atoms. The predicted molar refractivity (Wildman–Crippen MR) is 80.5 cm³/mol. The maximum Gasteiger partial charge on any atom is 0.244 e. The van der Waals surface area contributed by atoms with Crippen molar-refractivity contribution in [3.05, 3.63) is 71.6 Å². The van der Waals surface area contributed by atoms with Crippen LogP contribution in [0.15, 0.2) is 54.6 Å². The molecule has 0 saturated carbocycles. The van der Waals surface area contributed by atoms with Crippen LogP contribution in [0.2, 0.25) is 0 Å². The molecule has 0 bridgehead atoms. The Morgan fingerprint density at radius 2 is 1.86 bits per heavy atom. The van der Waals surface area contributed by atoms with E-state index in [-0.39, 0.29) is 11.7 Å². The first kappa shape index (κ1) is 14.8. The first-order valence-electron chi connectivity index (χ1n) is 6.48. The van der Waals surface area contributed by atoms with Gasteiger partial charge in [-0.05, 0) is 41.0 Å². The molecule has 0 fully saturated rings. The zero-order chi connectivity index (χ0) is 15.2. The van der Waals surface area contributed by atoms with Gasteiger partial charge in [0.05, 0.1) is 7.11 Å². The Bertz CT molecular complexity index is 663. The SMILES string of the molecule is CNC(=O)/C=C(\c1ccc(OC)cc1)c1cccc(F)c1. The molecule has 0 radical (unpaired) electrons. The van der Waals surface area contributed by atoms with E-state index in [4.69, 9.17) is 4.74 Å². The van der Waals surface area contributed by atoms with Gasteiger partial charge < -0.3 is 10.1 Å². The van der Waals surface area contributed by atoms with Crippen LogP contribution in [-0.2, 0) is 4.79 Å². The second-order valence-electron chi connectivity index (χ2n) is 4.41. The van der Waals surface area contributed by atoms with Gasteiger partial charge in [0.2, 0.25) is 5.91 Å². The Hall–Kier alpha value is -2.62. The van der Waals surface area contributed by atoms with Crippen molar-refractivity contribution in [3.8, 4) is 5.75 Å². The third kappa shape index (κ3) is 3.69. The van der Waals surface area contributed by atoms with Crippen LogP contribution in [0.25, 0.3) is 5.57 Å². The van der Waals surface area contributed by atoms with Crippen LogP contribution < -0.4 is 10.1 Å². The number of methoxy groups -OCH3 is 1. The van der Waals surface area contributed by atoms with Crippen LogP contribution in [0.3, 0.4) is 0 Å². The summed E-state index contributed by atoms with van der Waals surface area (Å²) >= 11 is 0. The number of benzene rings is 2. The first-order valence-corrected chi connectivity index (χ1v) is 6.48. The van der Waals surface area contributed by atoms with E-state index >= 15 is 0 Å². The number of amides is 1. The van der Waals surface area contributed by atoms with Gasteiger partial charge in [0.15, 0.2) is 0 Å². The highest BCUT2D eigenvalue weighted by molar-refractivity contribution is 5.99. The number of ether oxygens (including phenoxy) is 1. The fourth-order valence-corrected chi connectivity index (χ4v) is 1.96. The number of carbonyl (C=O) groups is 1. The third-order valence-electron chi connectivity index (χ3n) is 3.06. The lowest BCUT2D eigenvalue weighted by molar-refractivity contribution is -0.116. The molecule has 0 atom stereocenters. The minimum atomic E-state index is -0.344. The monoisotopic (exact) mass is 285 g/mol. The minimum Gasteiger partial charge on any atom is -0.497 e. The summed E-state index contributed by atoms with van der Waals surface area (Å²) in [6.07, 6.45) is 1.45. The van der Waals surface area contributed by atoms with Gasteiger partial charge in [0, 0.05) is 13.1 Å². The average molecular weight is 285 g/mol. The van der Waals surface area contributed by atoms with Crippen molar-refractivity contribution in [3.63, 3.8) is 0 Å². The van der Waals surface area contributed by atoms with Crippen molar-refractivity contribution in [1.82, 2.24) is 5.32 Å². The lowest BCUT2D eigenvalue weighted by atomic mass is 9.97. The van der Waals surface area contributed by atoms with Crippen molar-refractivity contribution < 1.29 is 13.9 Å². The summed E-state index contributed by atoms with van der Waals surface area (Å²) in [4.78, 5) is 11.7. The number of halogens is 1. The Morgan fingerprint density at radius 1 is 1.14 bits per heavy atom. The summed E-state index contributed by atoms with van der Waals surface area (Å²) in [5.41, 5.74) is 2.10. The van der Waals surface area contributed by atoms with E-state index in [0.717, 1.165) is 11.3 Å². The first-order chi connectivity index (χ1) is 10.1. The normalized spacial score (nSPS) is 11.1. The lowest BCUT2D eigenvalue weighted by Crippen LogP contribution is -2.15. The molecule has 108 valence electrons. The summed E-state index contributed by atoms with van der Waals surface area (Å²) in [5, 5.41) is 2.54. The quantitative estimate of drug-likeness (QED) is 0.877. The van der Waals surface area contributed by atoms with E-state index in [1.165, 1.54) is 18.2 Å². The van der Waals surface area contributed by atoms with Gasteiger partial charge in [0.1, 0.15) is 11.6 Å². The topological polar surface area (TPSA) is 38.3 Å². The van der Waals surface area contributed by atoms with E-state index < -0.39 is 0 Å². The van der Waals surface area contributed by atoms with Crippen molar-refractivity contribution in [2.75, 3.05) is 14.2 Å². The summed E-state index contributed by atoms with van der Waals surface area (Å²) in [6, 6.07) is 13.4. The molecule has 0 aromatic heterocycles. The van der Waals surface area contributed by atoms with Crippen molar-refractivity contribution in [1.29, 1.82) is 0 Å². The van der Waals surface area contributed by atoms with Gasteiger partial charge in [-0.3, -0.25) is 4.79 Å². The maximum absolute atomic E-state index is 13.4. The van der Waals surface area contributed by atoms with Crippen LogP contribution >= 0.6 is 0 Å². The largest absolute Gasteiger partial charge is 0.497 e. The molecule has 3 nitrogen and oxygen atoms in total. The highest BCUT2D eigenvalue weighted by Gasteiger charge is 2.08. The van der Waals surface area contributed by atoms with Crippen LogP contribution in [0.1, 0.15) is 11.1 Å². The van der Waals surface area contributed by atoms with Gasteiger partial charge in [-0.15, -0.1) is 0 Å². The second-order valence-corrected chi connectivity index (χ2v) is 4.41. The molecule has 0 aliphatic rings. The molecule has 0 unspecified atom stereocenters. The zero-order valence-corrected chi connectivity index (χ0v) is 11.9. The molecule has 1 amide bonds. The Labute approximate surface area is 123 Å². The second kappa shape index (κ2) is 6.70. The van der Waals surface area contributed by atoms with Gasteiger partial charge in [0.25, 0.3) is 0 Å². The number of carbonyl (C=O) groups excluding carboxylic acids is 1. The van der Waals surface area contributed by atoms with Crippen LogP contribution in [-0.4, -0.2) is 20.1 Å². The molecule has 0 aliphatic carbocycles. The predicted octanol–water partition coefficient (Wildman–Crippen LogP) is 3.01. The average Bonchev–Trinajstić information content (AvgIpc) is 2.52. The molecule has 1 N–H and O–H groups in total. The van der Waals surface area contributed by atoms with Gasteiger partial charge in [-0.1, -0.05) is 24.3 Å². The molecule has 0 spiro atoms. The third-order valence-corrected chi connectivity index (χ3v) is 3.06. The van der Waals surface area contributed by atoms with Crippen molar-refractivity contribution in [2.45, 2.75) is 0 Å². The van der Waals surface area contributed by atoms with Gasteiger partial charge in [-0.25, -0.2) is 4.39 Å². The molecular weight excluding hydrogens is 269 g/mol. The molecule has 2 aromatic carbocycles. The van der Waals surface area contributed by atoms with Crippen molar-refractivity contribution >= 4 is 11.5 Å². The van der Waals surface area contributed by atoms with E-state index in [0.29, 0.717) is 11.1 Å². The van der Waals surface area contributed by atoms with E-state index in [9.17, 15) is 9.18 Å². The molecule has 0 saturated heterocycles. The number of likely N-dealkylation sites (N-methyl/N-ethyl adjacent to an activating group) is 1. The molecule has 0 aliphatic heterocycles. The zero-order valence-electron chi connectivity index (χ0n) is 11.9. The fraction of sp³-hybridized carbons (Fsp3) is 0.118. The number of rotatable bonds is 4. The van der Waals surface area contributed by atoms with Crippen molar-refractivity contribution in [2.24, 2.45) is 0 Å². The highest BCUT2D eigenvalue weighted by atomic mass is 19.1. The van der Waals surface area contributed by atoms with E-state index in [1.807, 2.05) is 12.1 Å². The van der Waals surface area contributed by atoms with Crippen LogP contribution in [0.4, 0.5) is 4.39 Å². The van der Waals surface area contributed by atoms with E-state index in [2.05, 4.69) is 5.32 Å². The molecule has 2 aromatic rings. The molecular formula is C17H16FNO2. The minimum absolute atomic E-state index is 0.245. The number of hydrogen-bond acceptors (Lipinski definition) is 2.